The Labute approximate surface area is 90.0 Å². The highest BCUT2D eigenvalue weighted by Crippen LogP contribution is 2.55. The summed E-state index contributed by atoms with van der Waals surface area (Å²) in [5.41, 5.74) is 0. The molecule has 0 spiro atoms. The summed E-state index contributed by atoms with van der Waals surface area (Å²) in [5, 5.41) is 0.782. The van der Waals surface area contributed by atoms with Gasteiger partial charge in [0.25, 0.3) is 0 Å². The topological polar surface area (TPSA) is 0 Å². The molecular formula is C13H22S. The fourth-order valence-electron chi connectivity index (χ4n) is 1.67. The van der Waals surface area contributed by atoms with Crippen molar-refractivity contribution in [2.75, 3.05) is 12.5 Å². The molecule has 0 aliphatic heterocycles. The monoisotopic (exact) mass is 210 g/mol. The summed E-state index contributed by atoms with van der Waals surface area (Å²) in [4.78, 5) is 1.53. The van der Waals surface area contributed by atoms with E-state index in [1.807, 2.05) is 0 Å². The lowest BCUT2D eigenvalue weighted by atomic mass is 10.2. The molecule has 1 atom stereocenters. The molecule has 14 heavy (non-hydrogen) atoms. The van der Waals surface area contributed by atoms with Crippen molar-refractivity contribution in [3.8, 4) is 0 Å². The van der Waals surface area contributed by atoms with Gasteiger partial charge in [0.15, 0.2) is 0 Å². The molecule has 0 aliphatic carbocycles. The van der Waals surface area contributed by atoms with Crippen molar-refractivity contribution in [1.29, 1.82) is 0 Å². The van der Waals surface area contributed by atoms with Gasteiger partial charge < -0.3 is 0 Å². The molecular weight excluding hydrogens is 188 g/mol. The van der Waals surface area contributed by atoms with Gasteiger partial charge in [-0.2, -0.15) is 0 Å². The first-order valence-electron chi connectivity index (χ1n) is 5.23. The Hall–Kier alpha value is -0.430. The molecule has 0 saturated heterocycles. The summed E-state index contributed by atoms with van der Waals surface area (Å²) >= 11 is 0. The molecule has 1 unspecified atom stereocenters. The van der Waals surface area contributed by atoms with Gasteiger partial charge >= 0.3 is 0 Å². The fraction of sp³-hybridized carbons (Fsp3) is 0.538. The van der Waals surface area contributed by atoms with E-state index in [2.05, 4.69) is 63.6 Å². The first kappa shape index (κ1) is 11.6. The zero-order valence-corrected chi connectivity index (χ0v) is 10.8. The second-order valence-electron chi connectivity index (χ2n) is 4.67. The van der Waals surface area contributed by atoms with Gasteiger partial charge in [-0.25, -0.2) is 10.0 Å². The lowest BCUT2D eigenvalue weighted by Crippen LogP contribution is -2.19. The van der Waals surface area contributed by atoms with Crippen LogP contribution < -0.4 is 0 Å². The van der Waals surface area contributed by atoms with Crippen LogP contribution in [0.3, 0.4) is 0 Å². The zero-order chi connectivity index (χ0) is 10.8. The van der Waals surface area contributed by atoms with Crippen LogP contribution in [0.5, 0.6) is 0 Å². The maximum atomic E-state index is 2.42. The van der Waals surface area contributed by atoms with Gasteiger partial charge in [-0.05, 0) is 28.6 Å². The molecule has 0 fully saturated rings. The van der Waals surface area contributed by atoms with Crippen molar-refractivity contribution in [3.05, 3.63) is 30.3 Å². The van der Waals surface area contributed by atoms with E-state index in [0.717, 1.165) is 11.2 Å². The normalized spacial score (nSPS) is 15.6. The Morgan fingerprint density at radius 2 is 1.43 bits per heavy atom. The van der Waals surface area contributed by atoms with Crippen molar-refractivity contribution < 1.29 is 0 Å². The van der Waals surface area contributed by atoms with E-state index in [4.69, 9.17) is 0 Å². The third kappa shape index (κ3) is 2.33. The third-order valence-electron chi connectivity index (χ3n) is 3.22. The lowest BCUT2D eigenvalue weighted by Gasteiger charge is -2.40. The summed E-state index contributed by atoms with van der Waals surface area (Å²) in [6.07, 6.45) is 4.85. The standard InChI is InChI=1S/C13H22S/c1-11(2)12(3)14(4,5)13-9-7-6-8-10-13/h6-12H,1-5H3. The Morgan fingerprint density at radius 3 is 1.86 bits per heavy atom. The van der Waals surface area contributed by atoms with Crippen LogP contribution in [0.4, 0.5) is 0 Å². The molecule has 0 N–H and O–H groups in total. The number of benzene rings is 1. The molecule has 0 nitrogen and oxygen atoms in total. The van der Waals surface area contributed by atoms with Crippen LogP contribution >= 0.6 is 10.0 Å². The van der Waals surface area contributed by atoms with Crippen LogP contribution in [0.2, 0.25) is 0 Å². The van der Waals surface area contributed by atoms with Crippen LogP contribution in [0.15, 0.2) is 35.2 Å². The Morgan fingerprint density at radius 1 is 0.929 bits per heavy atom. The third-order valence-corrected chi connectivity index (χ3v) is 7.11. The summed E-state index contributed by atoms with van der Waals surface area (Å²) in [6, 6.07) is 10.9. The Kier molecular flexibility index (Phi) is 3.65. The van der Waals surface area contributed by atoms with Crippen LogP contribution in [0, 0.1) is 5.92 Å². The molecule has 0 amide bonds. The van der Waals surface area contributed by atoms with E-state index in [1.54, 1.807) is 0 Å². The van der Waals surface area contributed by atoms with E-state index >= 15 is 0 Å². The number of hydrogen-bond donors (Lipinski definition) is 0. The molecule has 0 aromatic heterocycles. The molecule has 1 aromatic rings. The molecule has 1 rings (SSSR count). The lowest BCUT2D eigenvalue weighted by molar-refractivity contribution is 0.636. The van der Waals surface area contributed by atoms with Crippen LogP contribution in [0.25, 0.3) is 0 Å². The van der Waals surface area contributed by atoms with E-state index in [-0.39, 0.29) is 0 Å². The minimum atomic E-state index is -0.638. The molecule has 0 heterocycles. The van der Waals surface area contributed by atoms with Gasteiger partial charge in [0.05, 0.1) is 0 Å². The Bertz CT molecular complexity index is 275. The molecule has 0 aliphatic rings. The average molecular weight is 210 g/mol. The van der Waals surface area contributed by atoms with Crippen molar-refractivity contribution in [1.82, 2.24) is 0 Å². The highest BCUT2D eigenvalue weighted by Gasteiger charge is 2.24. The number of hydrogen-bond acceptors (Lipinski definition) is 0. The van der Waals surface area contributed by atoms with Gasteiger partial charge in [0.1, 0.15) is 0 Å². The van der Waals surface area contributed by atoms with E-state index < -0.39 is 10.0 Å². The quantitative estimate of drug-likeness (QED) is 0.703. The summed E-state index contributed by atoms with van der Waals surface area (Å²) in [5.74, 6) is 0.764. The first-order valence-corrected chi connectivity index (χ1v) is 7.75. The van der Waals surface area contributed by atoms with E-state index in [0.29, 0.717) is 0 Å². The van der Waals surface area contributed by atoms with Crippen molar-refractivity contribution in [2.45, 2.75) is 30.9 Å². The van der Waals surface area contributed by atoms with Gasteiger partial charge in [0, 0.05) is 0 Å². The second-order valence-corrected chi connectivity index (χ2v) is 8.69. The average Bonchev–Trinajstić information content (AvgIpc) is 2.18. The molecule has 0 bridgehead atoms. The molecule has 0 saturated carbocycles. The summed E-state index contributed by atoms with van der Waals surface area (Å²) in [7, 11) is -0.638. The van der Waals surface area contributed by atoms with Gasteiger partial charge in [-0.15, -0.1) is 0 Å². The molecule has 0 radical (unpaired) electrons. The van der Waals surface area contributed by atoms with E-state index in [1.165, 1.54) is 4.90 Å². The first-order chi connectivity index (χ1) is 6.46. The maximum absolute atomic E-state index is 2.42. The van der Waals surface area contributed by atoms with Crippen molar-refractivity contribution in [2.24, 2.45) is 5.92 Å². The van der Waals surface area contributed by atoms with Gasteiger partial charge in [-0.3, -0.25) is 0 Å². The van der Waals surface area contributed by atoms with Gasteiger partial charge in [-0.1, -0.05) is 51.1 Å². The van der Waals surface area contributed by atoms with Crippen LogP contribution in [0.1, 0.15) is 20.8 Å². The van der Waals surface area contributed by atoms with Crippen molar-refractivity contribution in [3.63, 3.8) is 0 Å². The SMILES string of the molecule is CC(C)C(C)S(C)(C)c1ccccc1. The highest BCUT2D eigenvalue weighted by molar-refractivity contribution is 8.33. The zero-order valence-electron chi connectivity index (χ0n) is 9.95. The minimum Gasteiger partial charge on any atom is -0.217 e. The number of rotatable bonds is 3. The molecule has 1 aromatic carbocycles. The smallest absolute Gasteiger partial charge is 0.00837 e. The fourth-order valence-corrected chi connectivity index (χ4v) is 4.32. The van der Waals surface area contributed by atoms with Gasteiger partial charge in [0.2, 0.25) is 0 Å². The van der Waals surface area contributed by atoms with Crippen LogP contribution in [-0.4, -0.2) is 17.8 Å². The predicted octanol–water partition coefficient (Wildman–Crippen LogP) is 4.15. The van der Waals surface area contributed by atoms with Crippen molar-refractivity contribution >= 4 is 10.0 Å². The largest absolute Gasteiger partial charge is 0.217 e. The summed E-state index contributed by atoms with van der Waals surface area (Å²) < 4.78 is 0. The molecule has 80 valence electrons. The van der Waals surface area contributed by atoms with E-state index in [9.17, 15) is 0 Å². The summed E-state index contributed by atoms with van der Waals surface area (Å²) in [6.45, 7) is 7.03. The highest BCUT2D eigenvalue weighted by atomic mass is 32.3. The van der Waals surface area contributed by atoms with Crippen LogP contribution in [-0.2, 0) is 0 Å². The predicted molar refractivity (Wildman–Crippen MR) is 68.4 cm³/mol. The minimum absolute atomic E-state index is 0.638. The second kappa shape index (κ2) is 4.39. The maximum Gasteiger partial charge on any atom is -0.00837 e. The Balaban J connectivity index is 2.96. The molecule has 1 heteroatoms.